The zero-order valence-electron chi connectivity index (χ0n) is 8.25. The van der Waals surface area contributed by atoms with Gasteiger partial charge in [-0.25, -0.2) is 4.79 Å². The van der Waals surface area contributed by atoms with Crippen LogP contribution in [-0.2, 0) is 16.1 Å². The maximum absolute atomic E-state index is 11.3. The van der Waals surface area contributed by atoms with Crippen molar-refractivity contribution in [1.82, 2.24) is 9.97 Å². The highest BCUT2D eigenvalue weighted by atomic mass is 32.2. The van der Waals surface area contributed by atoms with Crippen LogP contribution in [0, 0.1) is 0 Å². The van der Waals surface area contributed by atoms with Gasteiger partial charge in [0.15, 0.2) is 0 Å². The predicted octanol–water partition coefficient (Wildman–Crippen LogP) is -0.152. The summed E-state index contributed by atoms with van der Waals surface area (Å²) in [6.07, 6.45) is 1.69. The van der Waals surface area contributed by atoms with Gasteiger partial charge in [0, 0.05) is 6.92 Å². The van der Waals surface area contributed by atoms with Gasteiger partial charge in [0.25, 0.3) is 5.56 Å². The number of hydrogen-bond donors (Lipinski definition) is 2. The van der Waals surface area contributed by atoms with Crippen molar-refractivity contribution < 1.29 is 9.53 Å². The molecule has 0 aliphatic rings. The molecule has 0 radical (unpaired) electrons. The summed E-state index contributed by atoms with van der Waals surface area (Å²) in [6, 6.07) is 0. The fourth-order valence-corrected chi connectivity index (χ4v) is 1.61. The zero-order valence-corrected chi connectivity index (χ0v) is 9.06. The standard InChI is InChI=1S/C8H10N2O4S/c1-4(11)14-3-5-6(15-2)7(12)10-8(13)9-5/h3H2,1-2H3,(H2,9,10,12,13). The smallest absolute Gasteiger partial charge is 0.326 e. The molecule has 0 saturated carbocycles. The first kappa shape index (κ1) is 11.6. The molecule has 0 fully saturated rings. The fraction of sp³-hybridized carbons (Fsp3) is 0.375. The molecule has 0 atom stereocenters. The molecule has 0 aliphatic carbocycles. The normalized spacial score (nSPS) is 10.0. The van der Waals surface area contributed by atoms with E-state index in [2.05, 4.69) is 9.97 Å². The quantitative estimate of drug-likeness (QED) is 0.556. The second kappa shape index (κ2) is 4.83. The van der Waals surface area contributed by atoms with Gasteiger partial charge in [-0.3, -0.25) is 14.6 Å². The van der Waals surface area contributed by atoms with Gasteiger partial charge in [-0.1, -0.05) is 0 Å². The molecule has 7 heteroatoms. The van der Waals surface area contributed by atoms with Crippen LogP contribution in [0.2, 0.25) is 0 Å². The number of rotatable bonds is 3. The number of thioether (sulfide) groups is 1. The number of nitrogens with one attached hydrogen (secondary N) is 2. The average molecular weight is 230 g/mol. The Hall–Kier alpha value is -1.50. The van der Waals surface area contributed by atoms with E-state index in [1.165, 1.54) is 18.7 Å². The molecule has 0 bridgehead atoms. The minimum Gasteiger partial charge on any atom is -0.459 e. The Morgan fingerprint density at radius 3 is 2.60 bits per heavy atom. The van der Waals surface area contributed by atoms with Gasteiger partial charge in [0.2, 0.25) is 0 Å². The van der Waals surface area contributed by atoms with E-state index < -0.39 is 17.2 Å². The molecule has 0 aromatic carbocycles. The van der Waals surface area contributed by atoms with Gasteiger partial charge < -0.3 is 9.72 Å². The molecular formula is C8H10N2O4S. The Labute approximate surface area is 89.1 Å². The van der Waals surface area contributed by atoms with E-state index >= 15 is 0 Å². The second-order valence-corrected chi connectivity index (χ2v) is 3.52. The van der Waals surface area contributed by atoms with Crippen LogP contribution in [0.15, 0.2) is 14.5 Å². The first-order valence-corrected chi connectivity index (χ1v) is 5.30. The SMILES string of the molecule is CSc1c(COC(C)=O)[nH]c(=O)[nH]c1=O. The molecule has 0 amide bonds. The third-order valence-electron chi connectivity index (χ3n) is 1.60. The summed E-state index contributed by atoms with van der Waals surface area (Å²) in [5, 5.41) is 0. The largest absolute Gasteiger partial charge is 0.459 e. The number of ether oxygens (including phenoxy) is 1. The second-order valence-electron chi connectivity index (χ2n) is 2.70. The highest BCUT2D eigenvalue weighted by molar-refractivity contribution is 7.98. The van der Waals surface area contributed by atoms with E-state index in [0.717, 1.165) is 0 Å². The Morgan fingerprint density at radius 1 is 1.40 bits per heavy atom. The van der Waals surface area contributed by atoms with Crippen LogP contribution in [0.4, 0.5) is 0 Å². The van der Waals surface area contributed by atoms with Crippen molar-refractivity contribution >= 4 is 17.7 Å². The lowest BCUT2D eigenvalue weighted by atomic mass is 10.4. The van der Waals surface area contributed by atoms with Crippen molar-refractivity contribution in [2.24, 2.45) is 0 Å². The van der Waals surface area contributed by atoms with E-state index in [1.54, 1.807) is 6.26 Å². The highest BCUT2D eigenvalue weighted by Crippen LogP contribution is 2.12. The Kier molecular flexibility index (Phi) is 3.73. The molecule has 82 valence electrons. The van der Waals surface area contributed by atoms with E-state index in [4.69, 9.17) is 4.74 Å². The van der Waals surface area contributed by atoms with Crippen molar-refractivity contribution in [3.8, 4) is 0 Å². The van der Waals surface area contributed by atoms with Crippen LogP contribution in [0.1, 0.15) is 12.6 Å². The van der Waals surface area contributed by atoms with Gasteiger partial charge in [-0.05, 0) is 6.26 Å². The van der Waals surface area contributed by atoms with Crippen molar-refractivity contribution in [2.75, 3.05) is 6.26 Å². The summed E-state index contributed by atoms with van der Waals surface area (Å²) in [7, 11) is 0. The summed E-state index contributed by atoms with van der Waals surface area (Å²) < 4.78 is 4.71. The van der Waals surface area contributed by atoms with Crippen LogP contribution < -0.4 is 11.2 Å². The van der Waals surface area contributed by atoms with Gasteiger partial charge in [0.1, 0.15) is 6.61 Å². The van der Waals surface area contributed by atoms with Crippen molar-refractivity contribution in [3.63, 3.8) is 0 Å². The number of esters is 1. The molecule has 1 aromatic heterocycles. The molecule has 1 aromatic rings. The molecule has 0 saturated heterocycles. The molecule has 0 unspecified atom stereocenters. The summed E-state index contributed by atoms with van der Waals surface area (Å²) >= 11 is 1.18. The van der Waals surface area contributed by atoms with Crippen LogP contribution in [-0.4, -0.2) is 22.2 Å². The number of H-pyrrole nitrogens is 2. The lowest BCUT2D eigenvalue weighted by molar-refractivity contribution is -0.142. The number of carbonyl (C=O) groups excluding carboxylic acids is 1. The number of hydrogen-bond acceptors (Lipinski definition) is 5. The van der Waals surface area contributed by atoms with E-state index in [9.17, 15) is 14.4 Å². The number of carbonyl (C=O) groups is 1. The van der Waals surface area contributed by atoms with Gasteiger partial charge >= 0.3 is 11.7 Å². The molecule has 2 N–H and O–H groups in total. The van der Waals surface area contributed by atoms with E-state index in [-0.39, 0.29) is 6.61 Å². The number of aromatic nitrogens is 2. The molecule has 15 heavy (non-hydrogen) atoms. The predicted molar refractivity (Wildman–Crippen MR) is 54.9 cm³/mol. The van der Waals surface area contributed by atoms with Gasteiger partial charge in [0.05, 0.1) is 10.6 Å². The first-order chi connectivity index (χ1) is 7.04. The zero-order chi connectivity index (χ0) is 11.4. The topological polar surface area (TPSA) is 92.0 Å². The summed E-state index contributed by atoms with van der Waals surface area (Å²) in [6.45, 7) is 1.15. The highest BCUT2D eigenvalue weighted by Gasteiger charge is 2.09. The Morgan fingerprint density at radius 2 is 2.07 bits per heavy atom. The molecular weight excluding hydrogens is 220 g/mol. The van der Waals surface area contributed by atoms with Crippen LogP contribution >= 0.6 is 11.8 Å². The molecule has 0 spiro atoms. The van der Waals surface area contributed by atoms with Crippen LogP contribution in [0.25, 0.3) is 0 Å². The molecule has 6 nitrogen and oxygen atoms in total. The fourth-order valence-electron chi connectivity index (χ4n) is 1.01. The minimum atomic E-state index is -0.611. The molecule has 1 heterocycles. The average Bonchev–Trinajstić information content (AvgIpc) is 2.13. The lowest BCUT2D eigenvalue weighted by Gasteiger charge is -2.05. The van der Waals surface area contributed by atoms with Gasteiger partial charge in [-0.15, -0.1) is 11.8 Å². The lowest BCUT2D eigenvalue weighted by Crippen LogP contribution is -2.26. The Bertz CT molecular complexity index is 476. The number of aromatic amines is 2. The van der Waals surface area contributed by atoms with Gasteiger partial charge in [-0.2, -0.15) is 0 Å². The third-order valence-corrected chi connectivity index (χ3v) is 2.44. The molecule has 1 rings (SSSR count). The van der Waals surface area contributed by atoms with E-state index in [1.807, 2.05) is 0 Å². The van der Waals surface area contributed by atoms with Crippen LogP contribution in [0.5, 0.6) is 0 Å². The molecule has 0 aliphatic heterocycles. The van der Waals surface area contributed by atoms with Crippen molar-refractivity contribution in [3.05, 3.63) is 26.5 Å². The maximum atomic E-state index is 11.3. The third kappa shape index (κ3) is 2.98. The van der Waals surface area contributed by atoms with Crippen molar-refractivity contribution in [1.29, 1.82) is 0 Å². The maximum Gasteiger partial charge on any atom is 0.326 e. The van der Waals surface area contributed by atoms with Crippen LogP contribution in [0.3, 0.4) is 0 Å². The monoisotopic (exact) mass is 230 g/mol. The minimum absolute atomic E-state index is 0.106. The first-order valence-electron chi connectivity index (χ1n) is 4.07. The summed E-state index contributed by atoms with van der Waals surface area (Å²) in [4.78, 5) is 37.7. The Balaban J connectivity index is 3.09. The summed E-state index contributed by atoms with van der Waals surface area (Å²) in [5.74, 6) is -0.469. The van der Waals surface area contributed by atoms with Crippen molar-refractivity contribution in [2.45, 2.75) is 18.4 Å². The summed E-state index contributed by atoms with van der Waals surface area (Å²) in [5.41, 5.74) is -0.778. The van der Waals surface area contributed by atoms with E-state index in [0.29, 0.717) is 10.6 Å².